The summed E-state index contributed by atoms with van der Waals surface area (Å²) >= 11 is 4.08. The van der Waals surface area contributed by atoms with Crippen molar-refractivity contribution in [3.8, 4) is 0 Å². The van der Waals surface area contributed by atoms with Crippen LogP contribution in [-0.2, 0) is 65.4 Å². The van der Waals surface area contributed by atoms with Crippen LogP contribution in [0, 0.1) is 0 Å². The van der Waals surface area contributed by atoms with Gasteiger partial charge in [0.2, 0.25) is 59.1 Å². The second-order valence-corrected chi connectivity index (χ2v) is 21.6. The first-order chi connectivity index (χ1) is 41.0. The molecule has 2 aliphatic rings. The summed E-state index contributed by atoms with van der Waals surface area (Å²) in [5, 5.41) is 2.47. The molecule has 476 valence electrons. The van der Waals surface area contributed by atoms with Crippen molar-refractivity contribution in [2.75, 3.05) is 124 Å². The highest BCUT2D eigenvalue weighted by molar-refractivity contribution is 7.80. The van der Waals surface area contributed by atoms with Gasteiger partial charge in [-0.25, -0.2) is 0 Å². The molecule has 2 heterocycles. The summed E-state index contributed by atoms with van der Waals surface area (Å²) in [5.41, 5.74) is 22.4. The minimum atomic E-state index is -4.69. The van der Waals surface area contributed by atoms with Crippen LogP contribution in [0.15, 0.2) is 67.3 Å². The van der Waals surface area contributed by atoms with E-state index in [4.69, 9.17) is 27.7 Å². The van der Waals surface area contributed by atoms with E-state index in [1.54, 1.807) is 42.2 Å². The lowest BCUT2D eigenvalue weighted by atomic mass is 10.1. The Bertz CT molecular complexity index is 2600. The van der Waals surface area contributed by atoms with Crippen LogP contribution in [0.25, 0.3) is 0 Å². The van der Waals surface area contributed by atoms with Gasteiger partial charge in [0.05, 0.1) is 50.4 Å². The fourth-order valence-electron chi connectivity index (χ4n) is 9.82. The number of nitrogens with zero attached hydrogens (tertiary/aromatic N) is 8. The number of alkyl halides is 3. The Morgan fingerprint density at radius 2 is 1.29 bits per heavy atom. The zero-order valence-electron chi connectivity index (χ0n) is 49.2. The maximum Gasteiger partial charge on any atom is 0.416 e. The topological polar surface area (TPSA) is 322 Å². The number of nitrogens with two attached hydrogens (primary N) is 4. The molecule has 0 radical (unpaired) electrons. The van der Waals surface area contributed by atoms with E-state index in [9.17, 15) is 61.1 Å². The van der Waals surface area contributed by atoms with Crippen molar-refractivity contribution in [1.82, 2.24) is 44.5 Å². The molecule has 2 saturated heterocycles. The van der Waals surface area contributed by atoms with Crippen molar-refractivity contribution in [3.05, 3.63) is 83.9 Å². The number of thiol groups is 1. The van der Waals surface area contributed by atoms with Crippen LogP contribution in [0.4, 0.5) is 13.2 Å². The molecule has 4 rings (SSSR count). The molecule has 2 aromatic carbocycles. The molecule has 86 heavy (non-hydrogen) atoms. The molecule has 10 amide bonds. The zero-order valence-corrected chi connectivity index (χ0v) is 50.1. The number of likely N-dealkylation sites (tertiary alicyclic amines) is 1. The molecule has 0 saturated carbocycles. The molecule has 2 aromatic rings. The average molecular weight is 1230 g/mol. The Hall–Kier alpha value is -7.14. The Kier molecular flexibility index (Phi) is 30.5. The highest BCUT2D eigenvalue weighted by Crippen LogP contribution is 2.30. The van der Waals surface area contributed by atoms with E-state index in [-0.39, 0.29) is 69.5 Å². The number of carbonyl (C=O) groups is 10. The summed E-state index contributed by atoms with van der Waals surface area (Å²) in [6.07, 6.45) is 0.368. The van der Waals surface area contributed by atoms with Gasteiger partial charge in [0.1, 0.15) is 25.7 Å². The lowest BCUT2D eigenvalue weighted by Crippen LogP contribution is -2.54. The van der Waals surface area contributed by atoms with E-state index < -0.39 is 142 Å². The van der Waals surface area contributed by atoms with Crippen molar-refractivity contribution in [2.45, 2.75) is 95.6 Å². The van der Waals surface area contributed by atoms with E-state index >= 15 is 0 Å². The third-order valence-corrected chi connectivity index (χ3v) is 15.1. The first kappa shape index (κ1) is 71.3. The molecule has 0 bridgehead atoms. The number of ether oxygens (including phenoxy) is 1. The summed E-state index contributed by atoms with van der Waals surface area (Å²) in [6.45, 7) is 1.75. The van der Waals surface area contributed by atoms with Crippen molar-refractivity contribution in [2.24, 2.45) is 22.9 Å². The van der Waals surface area contributed by atoms with Gasteiger partial charge >= 0.3 is 6.18 Å². The average Bonchev–Trinajstić information content (AvgIpc) is 3.26. The minimum absolute atomic E-state index is 0.0339. The molecule has 0 spiro atoms. The highest BCUT2D eigenvalue weighted by Gasteiger charge is 2.35. The zero-order chi connectivity index (χ0) is 63.3. The van der Waals surface area contributed by atoms with Gasteiger partial charge in [0, 0.05) is 71.1 Å². The number of primary amides is 1. The number of amides is 10. The lowest BCUT2D eigenvalue weighted by molar-refractivity contribution is -0.149. The SMILES string of the molecule is C=CCN(CC(=O)N(CC(=O)N(CCCN1CCCC1=O)CC(=O)N(CCCCN)CC(=O)N(CCCCN)CC(=O)NC(CS)C(N)=O)CC1CCCO1)C(=O)CN(C(=O)CN(Cc1cccc(C(F)(F)F)c1)C(=O)CN)C(C)c1ccccc1. The van der Waals surface area contributed by atoms with Crippen LogP contribution in [0.2, 0.25) is 0 Å². The molecule has 9 N–H and O–H groups in total. The van der Waals surface area contributed by atoms with E-state index in [1.807, 2.05) is 0 Å². The molecule has 3 unspecified atom stereocenters. The Morgan fingerprint density at radius 1 is 0.721 bits per heavy atom. The summed E-state index contributed by atoms with van der Waals surface area (Å²) in [6, 6.07) is 10.9. The molecule has 3 atom stereocenters. The molecule has 0 aromatic heterocycles. The van der Waals surface area contributed by atoms with E-state index in [0.717, 1.165) is 21.9 Å². The number of carbonyl (C=O) groups excluding carboxylic acids is 10. The van der Waals surface area contributed by atoms with Gasteiger partial charge < -0.3 is 72.2 Å². The van der Waals surface area contributed by atoms with Crippen LogP contribution >= 0.6 is 12.6 Å². The van der Waals surface area contributed by atoms with Crippen molar-refractivity contribution in [1.29, 1.82) is 0 Å². The maximum atomic E-state index is 14.8. The van der Waals surface area contributed by atoms with Gasteiger partial charge in [0.15, 0.2) is 0 Å². The molecule has 2 fully saturated rings. The van der Waals surface area contributed by atoms with Crippen LogP contribution in [0.5, 0.6) is 0 Å². The van der Waals surface area contributed by atoms with Gasteiger partial charge in [-0.05, 0) is 94.6 Å². The summed E-state index contributed by atoms with van der Waals surface area (Å²) in [4.78, 5) is 148. The quantitative estimate of drug-likeness (QED) is 0.0303. The maximum absolute atomic E-state index is 14.8. The Morgan fingerprint density at radius 3 is 1.83 bits per heavy atom. The van der Waals surface area contributed by atoms with Crippen LogP contribution in [-0.4, -0.2) is 234 Å². The first-order valence-corrected chi connectivity index (χ1v) is 29.6. The third kappa shape index (κ3) is 23.6. The van der Waals surface area contributed by atoms with Gasteiger partial charge in [-0.1, -0.05) is 48.5 Å². The molecule has 2 aliphatic heterocycles. The Balaban J connectivity index is 1.64. The predicted molar refractivity (Wildman–Crippen MR) is 317 cm³/mol. The van der Waals surface area contributed by atoms with E-state index in [1.165, 1.54) is 42.7 Å². The largest absolute Gasteiger partial charge is 0.416 e. The number of unbranched alkanes of at least 4 members (excludes halogenated alkanes) is 2. The third-order valence-electron chi connectivity index (χ3n) is 14.7. The van der Waals surface area contributed by atoms with Crippen LogP contribution in [0.3, 0.4) is 0 Å². The predicted octanol–water partition coefficient (Wildman–Crippen LogP) is 0.481. The van der Waals surface area contributed by atoms with Gasteiger partial charge in [-0.3, -0.25) is 47.9 Å². The molecule has 24 nitrogen and oxygen atoms in total. The smallest absolute Gasteiger partial charge is 0.376 e. The number of nitrogens with one attached hydrogen (secondary N) is 1. The number of hydrogen-bond donors (Lipinski definition) is 6. The summed E-state index contributed by atoms with van der Waals surface area (Å²) in [7, 11) is 0. The highest BCUT2D eigenvalue weighted by atomic mass is 32.1. The molecule has 0 aliphatic carbocycles. The van der Waals surface area contributed by atoms with Gasteiger partial charge in [0.25, 0.3) is 0 Å². The molecular formula is C58H86F3N13O11S. The normalized spacial score (nSPS) is 14.6. The van der Waals surface area contributed by atoms with E-state index in [0.29, 0.717) is 76.6 Å². The van der Waals surface area contributed by atoms with Crippen molar-refractivity contribution >= 4 is 71.7 Å². The number of rotatable bonds is 38. The Labute approximate surface area is 506 Å². The summed E-state index contributed by atoms with van der Waals surface area (Å²) < 4.78 is 47.0. The van der Waals surface area contributed by atoms with Crippen LogP contribution in [0.1, 0.15) is 87.4 Å². The standard InChI is InChI=1S/C58H86F3N13O11S/c1-3-23-68(55(82)40-74(42(2)44-16-5-4-6-17-44)56(83)39-72(50(77)31-64)32-43-15-11-18-45(30-43)58(59,60)61)37-54(81)73(33-46-19-13-29-85-46)38-53(80)71(28-14-27-67-26-12-20-49(67)76)36-52(79)70(25-10-8-22-63)35-51(78)69(24-9-7-21-62)34-48(75)66-47(41-86)57(65)84/h3-6,11,15-18,30,42,46-47,86H,1,7-10,12-14,19-29,31-41,62-64H2,2H3,(H2,65,84)(H,66,75). The first-order valence-electron chi connectivity index (χ1n) is 29.0. The molecular weight excluding hydrogens is 1140 g/mol. The number of benzene rings is 2. The minimum Gasteiger partial charge on any atom is -0.376 e. The van der Waals surface area contributed by atoms with Crippen molar-refractivity contribution in [3.63, 3.8) is 0 Å². The van der Waals surface area contributed by atoms with Crippen LogP contribution < -0.4 is 28.3 Å². The number of halogens is 3. The van der Waals surface area contributed by atoms with Gasteiger partial charge in [-0.15, -0.1) is 6.58 Å². The van der Waals surface area contributed by atoms with Gasteiger partial charge in [-0.2, -0.15) is 25.8 Å². The van der Waals surface area contributed by atoms with E-state index in [2.05, 4.69) is 24.5 Å². The fraction of sp³-hybridized carbons (Fsp3) is 0.586. The van der Waals surface area contributed by atoms with Crippen molar-refractivity contribution < 1.29 is 65.9 Å². The summed E-state index contributed by atoms with van der Waals surface area (Å²) in [5.74, 6) is -6.59. The molecule has 28 heteroatoms. The lowest BCUT2D eigenvalue weighted by Gasteiger charge is -2.34. The number of hydrogen-bond acceptors (Lipinski definition) is 15. The second-order valence-electron chi connectivity index (χ2n) is 21.2. The second kappa shape index (κ2) is 36.8. The monoisotopic (exact) mass is 1230 g/mol. The fourth-order valence-corrected chi connectivity index (χ4v) is 10.1.